The van der Waals surface area contributed by atoms with Crippen LogP contribution in [0.15, 0.2) is 267 Å². The third-order valence-electron chi connectivity index (χ3n) is 14.5. The smallest absolute Gasteiger partial charge is 0.170 e. The molecule has 11 aromatic carbocycles. The van der Waals surface area contributed by atoms with Crippen LogP contribution in [0.1, 0.15) is 22.3 Å². The monoisotopic (exact) mass is 908 g/mol. The first-order valence-corrected chi connectivity index (χ1v) is 24.2. The van der Waals surface area contributed by atoms with Gasteiger partial charge in [0.1, 0.15) is 0 Å². The molecule has 0 aromatic heterocycles. The van der Waals surface area contributed by atoms with Crippen molar-refractivity contribution in [1.29, 1.82) is 0 Å². The zero-order chi connectivity index (χ0) is 46.9. The number of para-hydroxylation sites is 4. The Kier molecular flexibility index (Phi) is 9.39. The minimum atomic E-state index is -0.561. The molecule has 0 saturated carbocycles. The van der Waals surface area contributed by atoms with E-state index in [-0.39, 0.29) is 0 Å². The highest BCUT2D eigenvalue weighted by Crippen LogP contribution is 2.65. The first-order valence-electron chi connectivity index (χ1n) is 24.2. The van der Waals surface area contributed by atoms with Gasteiger partial charge < -0.3 is 19.3 Å². The molecular formula is C67H44N2O2. The van der Waals surface area contributed by atoms with Crippen LogP contribution >= 0.6 is 0 Å². The van der Waals surface area contributed by atoms with Gasteiger partial charge in [-0.15, -0.1) is 0 Å². The summed E-state index contributed by atoms with van der Waals surface area (Å²) in [5.41, 5.74) is 20.5. The van der Waals surface area contributed by atoms with Crippen molar-refractivity contribution in [2.24, 2.45) is 0 Å². The van der Waals surface area contributed by atoms with Crippen LogP contribution in [0.3, 0.4) is 0 Å². The molecule has 0 amide bonds. The quantitative estimate of drug-likeness (QED) is 0.152. The van der Waals surface area contributed by atoms with Crippen LogP contribution in [0.5, 0.6) is 23.0 Å². The van der Waals surface area contributed by atoms with E-state index in [0.717, 1.165) is 73.8 Å². The molecule has 4 heteroatoms. The molecule has 71 heavy (non-hydrogen) atoms. The van der Waals surface area contributed by atoms with Crippen molar-refractivity contribution in [2.45, 2.75) is 5.41 Å². The summed E-state index contributed by atoms with van der Waals surface area (Å²) < 4.78 is 13.2. The lowest BCUT2D eigenvalue weighted by molar-refractivity contribution is 0.359. The Morgan fingerprint density at radius 2 is 0.577 bits per heavy atom. The Hall–Kier alpha value is -9.38. The molecule has 1 aliphatic heterocycles. The SMILES string of the molecule is c1ccc(-c2ccc(N(c3ccc(-c4ccc5c(c4)C4(c6ccccc6-c6ccccc64)c4cc6c(cc4-5)Oc4ccccc4O6)cc3)c3ccc(N(c4ccccc4)c4ccccc4)cc3)cc2)cc1. The third kappa shape index (κ3) is 6.53. The van der Waals surface area contributed by atoms with Gasteiger partial charge in [0.05, 0.1) is 5.41 Å². The second kappa shape index (κ2) is 16.4. The van der Waals surface area contributed by atoms with E-state index in [9.17, 15) is 0 Å². The number of rotatable bonds is 8. The van der Waals surface area contributed by atoms with Crippen LogP contribution < -0.4 is 19.3 Å². The van der Waals surface area contributed by atoms with Crippen LogP contribution in [-0.2, 0) is 5.41 Å². The summed E-state index contributed by atoms with van der Waals surface area (Å²) in [4.78, 5) is 4.65. The first kappa shape index (κ1) is 40.7. The van der Waals surface area contributed by atoms with Crippen LogP contribution in [0.25, 0.3) is 44.5 Å². The standard InChI is InChI=1S/C67H44N2O2/c1-4-16-45(17-5-1)46-28-33-51(34-29-46)69(54-39-37-53(38-40-54)68(49-18-6-2-7-19-49)50-20-8-3-9-21-50)52-35-30-47(31-36-52)48-32-41-57-58-43-65-66(71-64-27-15-14-26-63(64)70-65)44-62(58)67(61(57)42-48)59-24-12-10-22-55(59)56-23-11-13-25-60(56)67/h1-44H. The van der Waals surface area contributed by atoms with Crippen molar-refractivity contribution in [3.8, 4) is 67.5 Å². The second-order valence-corrected chi connectivity index (χ2v) is 18.4. The summed E-state index contributed by atoms with van der Waals surface area (Å²) in [6, 6.07) is 95.7. The highest BCUT2D eigenvalue weighted by Gasteiger charge is 2.52. The predicted molar refractivity (Wildman–Crippen MR) is 290 cm³/mol. The van der Waals surface area contributed by atoms with Gasteiger partial charge in [-0.1, -0.05) is 164 Å². The van der Waals surface area contributed by atoms with E-state index < -0.39 is 5.41 Å². The molecule has 0 unspecified atom stereocenters. The molecule has 1 spiro atoms. The van der Waals surface area contributed by atoms with Gasteiger partial charge in [0, 0.05) is 34.1 Å². The summed E-state index contributed by atoms with van der Waals surface area (Å²) in [5, 5.41) is 0. The minimum absolute atomic E-state index is 0.561. The molecule has 0 saturated heterocycles. The number of benzene rings is 11. The second-order valence-electron chi connectivity index (χ2n) is 18.4. The first-order chi connectivity index (χ1) is 35.2. The molecule has 11 aromatic rings. The minimum Gasteiger partial charge on any atom is -0.450 e. The van der Waals surface area contributed by atoms with Gasteiger partial charge in [-0.3, -0.25) is 0 Å². The number of fused-ring (bicyclic) bond motifs is 12. The van der Waals surface area contributed by atoms with Crippen molar-refractivity contribution < 1.29 is 9.47 Å². The summed E-state index contributed by atoms with van der Waals surface area (Å²) in [6.07, 6.45) is 0. The molecule has 4 nitrogen and oxygen atoms in total. The van der Waals surface area contributed by atoms with Crippen LogP contribution in [-0.4, -0.2) is 0 Å². The maximum absolute atomic E-state index is 6.62. The molecule has 0 N–H and O–H groups in total. The lowest BCUT2D eigenvalue weighted by Gasteiger charge is -2.31. The van der Waals surface area contributed by atoms with Crippen LogP contribution in [0, 0.1) is 0 Å². The van der Waals surface area contributed by atoms with Gasteiger partial charge in [-0.2, -0.15) is 0 Å². The largest absolute Gasteiger partial charge is 0.450 e. The highest BCUT2D eigenvalue weighted by molar-refractivity contribution is 5.97. The molecule has 0 atom stereocenters. The van der Waals surface area contributed by atoms with E-state index in [1.165, 1.54) is 50.1 Å². The Bertz CT molecular complexity index is 3710. The number of nitrogens with zero attached hydrogens (tertiary/aromatic N) is 2. The molecule has 334 valence electrons. The number of anilines is 6. The van der Waals surface area contributed by atoms with Gasteiger partial charge in [0.15, 0.2) is 23.0 Å². The van der Waals surface area contributed by atoms with Gasteiger partial charge >= 0.3 is 0 Å². The fraction of sp³-hybridized carbons (Fsp3) is 0.0149. The Morgan fingerprint density at radius 1 is 0.225 bits per heavy atom. The van der Waals surface area contributed by atoms with E-state index in [2.05, 4.69) is 252 Å². The van der Waals surface area contributed by atoms with Gasteiger partial charge in [0.25, 0.3) is 0 Å². The molecule has 14 rings (SSSR count). The average Bonchev–Trinajstić information content (AvgIpc) is 3.90. The van der Waals surface area contributed by atoms with Crippen molar-refractivity contribution in [3.05, 3.63) is 289 Å². The van der Waals surface area contributed by atoms with Crippen LogP contribution in [0.4, 0.5) is 34.1 Å². The predicted octanol–water partition coefficient (Wildman–Crippen LogP) is 18.2. The van der Waals surface area contributed by atoms with E-state index >= 15 is 0 Å². The normalized spacial score (nSPS) is 12.8. The Morgan fingerprint density at radius 3 is 1.10 bits per heavy atom. The van der Waals surface area contributed by atoms with Crippen LogP contribution in [0.2, 0.25) is 0 Å². The van der Waals surface area contributed by atoms with Crippen molar-refractivity contribution >= 4 is 34.1 Å². The molecule has 0 fully saturated rings. The maximum atomic E-state index is 6.62. The summed E-state index contributed by atoms with van der Waals surface area (Å²) in [7, 11) is 0. The van der Waals surface area contributed by atoms with E-state index in [4.69, 9.17) is 9.47 Å². The molecule has 0 radical (unpaired) electrons. The molecule has 1 heterocycles. The topological polar surface area (TPSA) is 24.9 Å². The third-order valence-corrected chi connectivity index (χ3v) is 14.5. The number of hydrogen-bond donors (Lipinski definition) is 0. The zero-order valence-corrected chi connectivity index (χ0v) is 38.6. The van der Waals surface area contributed by atoms with Crippen molar-refractivity contribution in [1.82, 2.24) is 0 Å². The molecule has 0 bridgehead atoms. The lowest BCUT2D eigenvalue weighted by Crippen LogP contribution is -2.26. The van der Waals surface area contributed by atoms with E-state index in [1.54, 1.807) is 0 Å². The molecular weight excluding hydrogens is 865 g/mol. The lowest BCUT2D eigenvalue weighted by atomic mass is 9.70. The fourth-order valence-electron chi connectivity index (χ4n) is 11.4. The van der Waals surface area contributed by atoms with Gasteiger partial charge in [-0.05, 0) is 170 Å². The van der Waals surface area contributed by atoms with Crippen molar-refractivity contribution in [3.63, 3.8) is 0 Å². The van der Waals surface area contributed by atoms with Gasteiger partial charge in [0.2, 0.25) is 0 Å². The Labute approximate surface area is 413 Å². The Balaban J connectivity index is 0.877. The van der Waals surface area contributed by atoms with Gasteiger partial charge in [-0.25, -0.2) is 0 Å². The van der Waals surface area contributed by atoms with E-state index in [1.807, 2.05) is 24.3 Å². The zero-order valence-electron chi connectivity index (χ0n) is 38.6. The summed E-state index contributed by atoms with van der Waals surface area (Å²) in [5.74, 6) is 2.90. The summed E-state index contributed by atoms with van der Waals surface area (Å²) in [6.45, 7) is 0. The molecule has 2 aliphatic carbocycles. The number of hydrogen-bond acceptors (Lipinski definition) is 4. The summed E-state index contributed by atoms with van der Waals surface area (Å²) >= 11 is 0. The maximum Gasteiger partial charge on any atom is 0.170 e. The van der Waals surface area contributed by atoms with E-state index in [0.29, 0.717) is 0 Å². The molecule has 3 aliphatic rings. The average molecular weight is 909 g/mol. The highest BCUT2D eigenvalue weighted by atomic mass is 16.6. The van der Waals surface area contributed by atoms with Crippen molar-refractivity contribution in [2.75, 3.05) is 9.80 Å². The number of ether oxygens (including phenoxy) is 2. The fourth-order valence-corrected chi connectivity index (χ4v) is 11.4.